The van der Waals surface area contributed by atoms with Crippen LogP contribution in [0.5, 0.6) is 0 Å². The van der Waals surface area contributed by atoms with E-state index in [1.807, 2.05) is 10.8 Å². The van der Waals surface area contributed by atoms with E-state index >= 15 is 0 Å². The van der Waals surface area contributed by atoms with Crippen molar-refractivity contribution in [2.24, 2.45) is 0 Å². The summed E-state index contributed by atoms with van der Waals surface area (Å²) in [7, 11) is 0. The Morgan fingerprint density at radius 2 is 2.07 bits per heavy atom. The molecule has 1 aliphatic rings. The van der Waals surface area contributed by atoms with E-state index in [0.717, 1.165) is 18.5 Å². The van der Waals surface area contributed by atoms with Crippen molar-refractivity contribution in [2.75, 3.05) is 13.1 Å². The molecule has 0 unspecified atom stereocenters. The summed E-state index contributed by atoms with van der Waals surface area (Å²) in [5.74, 6) is -1.53. The molecule has 0 aliphatic carbocycles. The van der Waals surface area contributed by atoms with E-state index in [9.17, 15) is 19.1 Å². The monoisotopic (exact) mass is 401 g/mol. The maximum Gasteiger partial charge on any atom is 0.354 e. The smallest absolute Gasteiger partial charge is 0.354 e. The summed E-state index contributed by atoms with van der Waals surface area (Å²) in [6, 6.07) is 7.63. The quantitative estimate of drug-likeness (QED) is 0.705. The van der Waals surface area contributed by atoms with Crippen molar-refractivity contribution in [3.05, 3.63) is 53.1 Å². The first-order valence-electron chi connectivity index (χ1n) is 8.90. The van der Waals surface area contributed by atoms with Crippen molar-refractivity contribution in [1.82, 2.24) is 14.5 Å². The second-order valence-corrected chi connectivity index (χ2v) is 7.13. The molecule has 1 aliphatic heterocycles. The Morgan fingerprint density at radius 1 is 1.25 bits per heavy atom. The number of pyridine rings is 1. The van der Waals surface area contributed by atoms with Crippen LogP contribution in [0.4, 0.5) is 4.39 Å². The maximum absolute atomic E-state index is 14.0. The average Bonchev–Trinajstić information content (AvgIpc) is 3.25. The lowest BCUT2D eigenvalue weighted by Crippen LogP contribution is -2.28. The third kappa shape index (κ3) is 3.33. The Labute approximate surface area is 165 Å². The summed E-state index contributed by atoms with van der Waals surface area (Å²) in [5.41, 5.74) is 1.75. The summed E-state index contributed by atoms with van der Waals surface area (Å²) >= 11 is 5.79. The van der Waals surface area contributed by atoms with Gasteiger partial charge in [0.1, 0.15) is 11.5 Å². The molecule has 144 valence electrons. The maximum atomic E-state index is 14.0. The number of amides is 1. The zero-order valence-corrected chi connectivity index (χ0v) is 15.6. The van der Waals surface area contributed by atoms with Crippen LogP contribution in [0.1, 0.15) is 23.3 Å². The Kier molecular flexibility index (Phi) is 4.77. The Morgan fingerprint density at radius 3 is 2.75 bits per heavy atom. The molecule has 4 rings (SSSR count). The molecule has 1 N–H and O–H groups in total. The highest BCUT2D eigenvalue weighted by molar-refractivity contribution is 6.30. The van der Waals surface area contributed by atoms with Gasteiger partial charge >= 0.3 is 5.97 Å². The van der Waals surface area contributed by atoms with Crippen LogP contribution in [0.25, 0.3) is 22.2 Å². The van der Waals surface area contributed by atoms with Gasteiger partial charge in [0, 0.05) is 43.2 Å². The van der Waals surface area contributed by atoms with E-state index < -0.39 is 11.8 Å². The number of likely N-dealkylation sites (tertiary alicyclic amines) is 1. The molecule has 0 saturated carbocycles. The van der Waals surface area contributed by atoms with E-state index in [0.29, 0.717) is 36.1 Å². The molecule has 2 aromatic heterocycles. The van der Waals surface area contributed by atoms with Gasteiger partial charge in [0.05, 0.1) is 5.02 Å². The van der Waals surface area contributed by atoms with E-state index in [-0.39, 0.29) is 16.6 Å². The van der Waals surface area contributed by atoms with Crippen LogP contribution >= 0.6 is 11.6 Å². The molecule has 0 atom stereocenters. The SMILES string of the molecule is O=C(O)c1ccc2c(-c3ccc(Cl)c(F)c3)cn(CCN3CCCC3=O)c2n1. The van der Waals surface area contributed by atoms with Crippen LogP contribution in [-0.2, 0) is 11.3 Å². The predicted molar refractivity (Wildman–Crippen MR) is 103 cm³/mol. The molecule has 1 amide bonds. The average molecular weight is 402 g/mol. The molecule has 6 nitrogen and oxygen atoms in total. The van der Waals surface area contributed by atoms with E-state index in [1.54, 1.807) is 17.0 Å². The van der Waals surface area contributed by atoms with Crippen LogP contribution in [0, 0.1) is 5.82 Å². The number of halogens is 2. The highest BCUT2D eigenvalue weighted by atomic mass is 35.5. The molecule has 1 aromatic carbocycles. The largest absolute Gasteiger partial charge is 0.477 e. The molecule has 28 heavy (non-hydrogen) atoms. The lowest BCUT2D eigenvalue weighted by Gasteiger charge is -2.16. The summed E-state index contributed by atoms with van der Waals surface area (Å²) in [5, 5.41) is 10.0. The van der Waals surface area contributed by atoms with Crippen LogP contribution in [0.2, 0.25) is 5.02 Å². The van der Waals surface area contributed by atoms with Crippen molar-refractivity contribution in [2.45, 2.75) is 19.4 Å². The molecule has 0 radical (unpaired) electrons. The molecule has 3 aromatic rings. The van der Waals surface area contributed by atoms with Gasteiger partial charge in [-0.25, -0.2) is 14.2 Å². The summed E-state index contributed by atoms with van der Waals surface area (Å²) in [6.07, 6.45) is 3.22. The van der Waals surface area contributed by atoms with E-state index in [1.165, 1.54) is 18.2 Å². The number of aromatic nitrogens is 2. The number of nitrogens with zero attached hydrogens (tertiary/aromatic N) is 3. The van der Waals surface area contributed by atoms with Crippen LogP contribution < -0.4 is 0 Å². The zero-order chi connectivity index (χ0) is 19.8. The predicted octanol–water partition coefficient (Wildman–Crippen LogP) is 3.82. The van der Waals surface area contributed by atoms with Gasteiger partial charge in [0.25, 0.3) is 0 Å². The lowest BCUT2D eigenvalue weighted by molar-refractivity contribution is -0.127. The standard InChI is InChI=1S/C20H17ClFN3O3/c21-15-5-3-12(10-16(15)22)14-11-25(9-8-24-7-1-2-18(24)26)19-13(14)4-6-17(23-19)20(27)28/h3-6,10-11H,1-2,7-9H2,(H,27,28). The van der Waals surface area contributed by atoms with E-state index in [2.05, 4.69) is 4.98 Å². The number of benzene rings is 1. The van der Waals surface area contributed by atoms with Crippen LogP contribution in [0.15, 0.2) is 36.5 Å². The first-order valence-corrected chi connectivity index (χ1v) is 9.28. The molecule has 3 heterocycles. The fraction of sp³-hybridized carbons (Fsp3) is 0.250. The van der Waals surface area contributed by atoms with Gasteiger partial charge < -0.3 is 14.6 Å². The number of hydrogen-bond acceptors (Lipinski definition) is 3. The van der Waals surface area contributed by atoms with Crippen molar-refractivity contribution in [3.8, 4) is 11.1 Å². The lowest BCUT2D eigenvalue weighted by atomic mass is 10.1. The van der Waals surface area contributed by atoms with Gasteiger partial charge in [-0.1, -0.05) is 17.7 Å². The third-order valence-corrected chi connectivity index (χ3v) is 5.26. The van der Waals surface area contributed by atoms with Gasteiger partial charge in [-0.2, -0.15) is 0 Å². The van der Waals surface area contributed by atoms with E-state index in [4.69, 9.17) is 11.6 Å². The summed E-state index contributed by atoms with van der Waals surface area (Å²) in [4.78, 5) is 29.3. The molecular formula is C20H17ClFN3O3. The molecule has 1 fully saturated rings. The number of fused-ring (bicyclic) bond motifs is 1. The first-order chi connectivity index (χ1) is 13.4. The van der Waals surface area contributed by atoms with Crippen LogP contribution in [-0.4, -0.2) is 44.5 Å². The Balaban J connectivity index is 1.78. The topological polar surface area (TPSA) is 75.4 Å². The second kappa shape index (κ2) is 7.24. The van der Waals surface area contributed by atoms with Crippen molar-refractivity contribution in [1.29, 1.82) is 0 Å². The number of hydrogen-bond donors (Lipinski definition) is 1. The fourth-order valence-corrected chi connectivity index (χ4v) is 3.63. The molecule has 8 heteroatoms. The highest BCUT2D eigenvalue weighted by Gasteiger charge is 2.21. The minimum absolute atomic E-state index is 0.0336. The third-order valence-electron chi connectivity index (χ3n) is 4.95. The normalized spacial score (nSPS) is 14.2. The van der Waals surface area contributed by atoms with Gasteiger partial charge in [-0.15, -0.1) is 0 Å². The number of carbonyl (C=O) groups is 2. The number of carbonyl (C=O) groups excluding carboxylic acids is 1. The van der Waals surface area contributed by atoms with Gasteiger partial charge in [-0.3, -0.25) is 4.79 Å². The summed E-state index contributed by atoms with van der Waals surface area (Å²) < 4.78 is 15.8. The molecule has 1 saturated heterocycles. The minimum Gasteiger partial charge on any atom is -0.477 e. The van der Waals surface area contributed by atoms with Crippen molar-refractivity contribution >= 4 is 34.5 Å². The van der Waals surface area contributed by atoms with Crippen LogP contribution in [0.3, 0.4) is 0 Å². The molecule has 0 bridgehead atoms. The number of carboxylic acids is 1. The minimum atomic E-state index is -1.12. The zero-order valence-electron chi connectivity index (χ0n) is 14.9. The Hall–Kier alpha value is -2.93. The Bertz CT molecular complexity index is 1100. The molecular weight excluding hydrogens is 385 g/mol. The fourth-order valence-electron chi connectivity index (χ4n) is 3.52. The highest BCUT2D eigenvalue weighted by Crippen LogP contribution is 2.32. The number of rotatable bonds is 5. The molecule has 0 spiro atoms. The van der Waals surface area contributed by atoms with Crippen molar-refractivity contribution < 1.29 is 19.1 Å². The number of carboxylic acid groups (broad SMARTS) is 1. The van der Waals surface area contributed by atoms with Gasteiger partial charge in [0.15, 0.2) is 5.69 Å². The van der Waals surface area contributed by atoms with Gasteiger partial charge in [0.2, 0.25) is 5.91 Å². The van der Waals surface area contributed by atoms with Gasteiger partial charge in [-0.05, 0) is 36.2 Å². The van der Waals surface area contributed by atoms with Crippen molar-refractivity contribution in [3.63, 3.8) is 0 Å². The first kappa shape index (κ1) is 18.4. The number of aromatic carboxylic acids is 1. The summed E-state index contributed by atoms with van der Waals surface area (Å²) in [6.45, 7) is 1.70. The second-order valence-electron chi connectivity index (χ2n) is 6.72.